The van der Waals surface area contributed by atoms with Gasteiger partial charge in [-0.3, -0.25) is 0 Å². The van der Waals surface area contributed by atoms with E-state index in [-0.39, 0.29) is 0 Å². The molecule has 0 unspecified atom stereocenters. The Hall–Kier alpha value is -0.0900. The summed E-state index contributed by atoms with van der Waals surface area (Å²) in [5, 5.41) is 1.90. The Morgan fingerprint density at radius 3 is 2.48 bits per heavy atom. The molecule has 0 N–H and O–H groups in total. The van der Waals surface area contributed by atoms with Gasteiger partial charge in [0.25, 0.3) is 0 Å². The summed E-state index contributed by atoms with van der Waals surface area (Å²) < 4.78 is 2.28. The van der Waals surface area contributed by atoms with Gasteiger partial charge >= 0.3 is 0 Å². The maximum Gasteiger partial charge on any atom is 0.125 e. The predicted octanol–water partition coefficient (Wildman–Crippen LogP) is 5.93. The molecule has 1 aliphatic carbocycles. The zero-order valence-electron chi connectivity index (χ0n) is 11.8. The highest BCUT2D eigenvalue weighted by molar-refractivity contribution is 7.99. The molecule has 1 fully saturated rings. The van der Waals surface area contributed by atoms with E-state index in [1.165, 1.54) is 25.7 Å². The summed E-state index contributed by atoms with van der Waals surface area (Å²) in [6, 6.07) is 4.21. The first kappa shape index (κ1) is 15.8. The standard InChI is InChI=1S/C15H17Cl3N2S/c1-21-10-4-2-9(3-5-10)20-14-7-12(18)11(17)6-13(14)19-15(20)8-16/h6-7,9-10H,2-5,8H2,1H3. The van der Waals surface area contributed by atoms with E-state index in [2.05, 4.69) is 15.8 Å². The first-order chi connectivity index (χ1) is 10.1. The Morgan fingerprint density at radius 2 is 1.86 bits per heavy atom. The van der Waals surface area contributed by atoms with E-state index in [9.17, 15) is 0 Å². The van der Waals surface area contributed by atoms with Crippen LogP contribution < -0.4 is 0 Å². The summed E-state index contributed by atoms with van der Waals surface area (Å²) in [5.41, 5.74) is 1.93. The second-order valence-corrected chi connectivity index (χ2v) is 7.67. The van der Waals surface area contributed by atoms with Crippen LogP contribution in [0.4, 0.5) is 0 Å². The van der Waals surface area contributed by atoms with E-state index < -0.39 is 0 Å². The average molecular weight is 364 g/mol. The van der Waals surface area contributed by atoms with Crippen LogP contribution >= 0.6 is 46.6 Å². The van der Waals surface area contributed by atoms with Crippen LogP contribution in [0.1, 0.15) is 37.5 Å². The minimum Gasteiger partial charge on any atom is -0.324 e. The molecular formula is C15H17Cl3N2S. The second kappa shape index (κ2) is 6.57. The van der Waals surface area contributed by atoms with Crippen LogP contribution in [-0.4, -0.2) is 21.1 Å². The van der Waals surface area contributed by atoms with Gasteiger partial charge in [-0.15, -0.1) is 11.6 Å². The van der Waals surface area contributed by atoms with Gasteiger partial charge in [-0.1, -0.05) is 23.2 Å². The summed E-state index contributed by atoms with van der Waals surface area (Å²) in [4.78, 5) is 4.63. The summed E-state index contributed by atoms with van der Waals surface area (Å²) in [6.45, 7) is 0. The number of fused-ring (bicyclic) bond motifs is 1. The highest BCUT2D eigenvalue weighted by atomic mass is 35.5. The van der Waals surface area contributed by atoms with Crippen molar-refractivity contribution < 1.29 is 0 Å². The molecule has 1 heterocycles. The Balaban J connectivity index is 2.02. The number of halogens is 3. The predicted molar refractivity (Wildman–Crippen MR) is 94.1 cm³/mol. The summed E-state index contributed by atoms with van der Waals surface area (Å²) >= 11 is 20.4. The molecule has 2 aromatic rings. The van der Waals surface area contributed by atoms with Crippen molar-refractivity contribution in [3.05, 3.63) is 28.0 Å². The van der Waals surface area contributed by atoms with Crippen molar-refractivity contribution in [2.45, 2.75) is 42.9 Å². The molecule has 0 aliphatic heterocycles. The van der Waals surface area contributed by atoms with Gasteiger partial charge < -0.3 is 4.57 Å². The Labute approximate surface area is 144 Å². The number of rotatable bonds is 3. The highest BCUT2D eigenvalue weighted by Crippen LogP contribution is 2.38. The van der Waals surface area contributed by atoms with E-state index >= 15 is 0 Å². The lowest BCUT2D eigenvalue weighted by Gasteiger charge is -2.29. The van der Waals surface area contributed by atoms with E-state index in [0.717, 1.165) is 22.1 Å². The summed E-state index contributed by atoms with van der Waals surface area (Å²) in [6.07, 6.45) is 7.02. The fourth-order valence-corrected chi connectivity index (χ4v) is 4.43. The minimum absolute atomic E-state index is 0.409. The smallest absolute Gasteiger partial charge is 0.125 e. The number of benzene rings is 1. The largest absolute Gasteiger partial charge is 0.324 e. The van der Waals surface area contributed by atoms with Crippen molar-refractivity contribution in [2.24, 2.45) is 0 Å². The molecule has 1 aromatic heterocycles. The third-order valence-corrected chi connectivity index (χ3v) is 6.37. The third-order valence-electron chi connectivity index (χ3n) is 4.27. The van der Waals surface area contributed by atoms with Gasteiger partial charge in [0.1, 0.15) is 5.82 Å². The molecule has 0 atom stereocenters. The zero-order valence-corrected chi connectivity index (χ0v) is 14.9. The maximum atomic E-state index is 6.19. The summed E-state index contributed by atoms with van der Waals surface area (Å²) in [5.74, 6) is 1.32. The van der Waals surface area contributed by atoms with Crippen LogP contribution in [0, 0.1) is 0 Å². The normalized spacial score (nSPS) is 22.9. The van der Waals surface area contributed by atoms with Gasteiger partial charge in [-0.05, 0) is 44.1 Å². The Kier molecular flexibility index (Phi) is 4.94. The van der Waals surface area contributed by atoms with Crippen molar-refractivity contribution in [1.29, 1.82) is 0 Å². The average Bonchev–Trinajstić information content (AvgIpc) is 2.85. The number of aromatic nitrogens is 2. The number of thioether (sulfide) groups is 1. The van der Waals surface area contributed by atoms with Gasteiger partial charge in [-0.25, -0.2) is 4.98 Å². The monoisotopic (exact) mass is 362 g/mol. The van der Waals surface area contributed by atoms with Crippen LogP contribution in [0.5, 0.6) is 0 Å². The van der Waals surface area contributed by atoms with Crippen LogP contribution in [0.15, 0.2) is 12.1 Å². The van der Waals surface area contributed by atoms with Gasteiger partial charge in [0, 0.05) is 11.3 Å². The fraction of sp³-hybridized carbons (Fsp3) is 0.533. The topological polar surface area (TPSA) is 17.8 Å². The number of hydrogen-bond donors (Lipinski definition) is 0. The quantitative estimate of drug-likeness (QED) is 0.629. The molecule has 0 amide bonds. The molecule has 2 nitrogen and oxygen atoms in total. The Bertz CT molecular complexity index is 648. The van der Waals surface area contributed by atoms with Crippen LogP contribution in [0.3, 0.4) is 0 Å². The van der Waals surface area contributed by atoms with E-state index in [4.69, 9.17) is 34.8 Å². The molecule has 114 valence electrons. The van der Waals surface area contributed by atoms with Crippen molar-refractivity contribution in [2.75, 3.05) is 6.26 Å². The molecule has 1 aromatic carbocycles. The van der Waals surface area contributed by atoms with E-state index in [1.807, 2.05) is 23.9 Å². The molecule has 0 spiro atoms. The lowest BCUT2D eigenvalue weighted by molar-refractivity contribution is 0.361. The fourth-order valence-electron chi connectivity index (χ4n) is 3.18. The molecule has 0 saturated heterocycles. The minimum atomic E-state index is 0.409. The van der Waals surface area contributed by atoms with E-state index in [1.54, 1.807) is 0 Å². The molecular weight excluding hydrogens is 347 g/mol. The highest BCUT2D eigenvalue weighted by Gasteiger charge is 2.25. The number of hydrogen-bond acceptors (Lipinski definition) is 2. The summed E-state index contributed by atoms with van der Waals surface area (Å²) in [7, 11) is 0. The maximum absolute atomic E-state index is 6.19. The molecule has 6 heteroatoms. The molecule has 0 radical (unpaired) electrons. The van der Waals surface area contributed by atoms with Crippen LogP contribution in [0.2, 0.25) is 10.0 Å². The number of alkyl halides is 1. The second-order valence-electron chi connectivity index (χ2n) is 5.45. The number of nitrogens with zero attached hydrogens (tertiary/aromatic N) is 2. The molecule has 1 aliphatic rings. The van der Waals surface area contributed by atoms with Crippen molar-refractivity contribution in [3.63, 3.8) is 0 Å². The molecule has 21 heavy (non-hydrogen) atoms. The van der Waals surface area contributed by atoms with Crippen LogP contribution in [0.25, 0.3) is 11.0 Å². The van der Waals surface area contributed by atoms with Gasteiger partial charge in [0.05, 0.1) is 27.0 Å². The lowest BCUT2D eigenvalue weighted by atomic mass is 9.94. The molecule has 0 bridgehead atoms. The third kappa shape index (κ3) is 3.03. The van der Waals surface area contributed by atoms with E-state index in [0.29, 0.717) is 22.0 Å². The SMILES string of the molecule is CSC1CCC(n2c(CCl)nc3cc(Cl)c(Cl)cc32)CC1. The van der Waals surface area contributed by atoms with Crippen molar-refractivity contribution >= 4 is 57.6 Å². The van der Waals surface area contributed by atoms with Crippen molar-refractivity contribution in [3.8, 4) is 0 Å². The lowest BCUT2D eigenvalue weighted by Crippen LogP contribution is -2.20. The first-order valence-electron chi connectivity index (χ1n) is 7.08. The first-order valence-corrected chi connectivity index (χ1v) is 9.66. The van der Waals surface area contributed by atoms with Gasteiger partial charge in [0.15, 0.2) is 0 Å². The van der Waals surface area contributed by atoms with Gasteiger partial charge in [0.2, 0.25) is 0 Å². The number of imidazole rings is 1. The molecule has 1 saturated carbocycles. The van der Waals surface area contributed by atoms with Gasteiger partial charge in [-0.2, -0.15) is 11.8 Å². The molecule has 3 rings (SSSR count). The Morgan fingerprint density at radius 1 is 1.19 bits per heavy atom. The van der Waals surface area contributed by atoms with Crippen LogP contribution in [-0.2, 0) is 5.88 Å². The zero-order chi connectivity index (χ0) is 15.0. The van der Waals surface area contributed by atoms with Crippen molar-refractivity contribution in [1.82, 2.24) is 9.55 Å².